The number of amides is 1. The Kier molecular flexibility index (Phi) is 4.61. The van der Waals surface area contributed by atoms with Crippen LogP contribution in [0.2, 0.25) is 5.02 Å². The van der Waals surface area contributed by atoms with Gasteiger partial charge >= 0.3 is 0 Å². The summed E-state index contributed by atoms with van der Waals surface area (Å²) in [5.74, 6) is 0.368. The van der Waals surface area contributed by atoms with E-state index in [-0.39, 0.29) is 5.91 Å². The van der Waals surface area contributed by atoms with E-state index >= 15 is 0 Å². The van der Waals surface area contributed by atoms with Crippen molar-refractivity contribution in [2.75, 3.05) is 6.54 Å². The normalized spacial score (nSPS) is 10.5. The van der Waals surface area contributed by atoms with E-state index in [9.17, 15) is 4.79 Å². The molecule has 0 atom stereocenters. The van der Waals surface area contributed by atoms with E-state index in [2.05, 4.69) is 35.1 Å². The van der Waals surface area contributed by atoms with Crippen LogP contribution in [0.4, 0.5) is 0 Å². The Morgan fingerprint density at radius 1 is 1.53 bits per heavy atom. The lowest BCUT2D eigenvalue weighted by Crippen LogP contribution is -2.27. The van der Waals surface area contributed by atoms with E-state index in [4.69, 9.17) is 11.6 Å². The van der Waals surface area contributed by atoms with Gasteiger partial charge in [0.1, 0.15) is 0 Å². The van der Waals surface area contributed by atoms with E-state index in [1.165, 1.54) is 0 Å². The zero-order valence-electron chi connectivity index (χ0n) is 8.68. The monoisotopic (exact) mass is 289 g/mol. The largest absolute Gasteiger partial charge is 0.352 e. The number of benzene rings is 1. The van der Waals surface area contributed by atoms with Gasteiger partial charge in [-0.25, -0.2) is 0 Å². The quantitative estimate of drug-likeness (QED) is 0.907. The lowest BCUT2D eigenvalue weighted by Gasteiger charge is -2.08. The molecule has 0 saturated carbocycles. The predicted molar refractivity (Wildman–Crippen MR) is 66.3 cm³/mol. The fraction of sp³-hybridized carbons (Fsp3) is 0.364. The van der Waals surface area contributed by atoms with Crippen LogP contribution in [0.15, 0.2) is 22.7 Å². The van der Waals surface area contributed by atoms with Crippen LogP contribution in [0, 0.1) is 5.92 Å². The van der Waals surface area contributed by atoms with Gasteiger partial charge in [-0.2, -0.15) is 0 Å². The van der Waals surface area contributed by atoms with Crippen LogP contribution < -0.4 is 5.32 Å². The molecule has 0 heterocycles. The highest BCUT2D eigenvalue weighted by atomic mass is 79.9. The number of carbonyl (C=O) groups excluding carboxylic acids is 1. The first-order valence-corrected chi connectivity index (χ1v) is 5.91. The topological polar surface area (TPSA) is 29.1 Å². The first-order valence-electron chi connectivity index (χ1n) is 4.74. The molecule has 1 N–H and O–H groups in total. The summed E-state index contributed by atoms with van der Waals surface area (Å²) in [6.45, 7) is 4.78. The molecule has 2 nitrogen and oxygen atoms in total. The zero-order valence-corrected chi connectivity index (χ0v) is 11.0. The van der Waals surface area contributed by atoms with Gasteiger partial charge in [0.15, 0.2) is 0 Å². The molecule has 0 saturated heterocycles. The first kappa shape index (κ1) is 12.5. The van der Waals surface area contributed by atoms with Crippen LogP contribution in [-0.2, 0) is 0 Å². The Balaban J connectivity index is 2.74. The highest BCUT2D eigenvalue weighted by Gasteiger charge is 2.09. The molecule has 0 aromatic heterocycles. The van der Waals surface area contributed by atoms with Gasteiger partial charge in [-0.05, 0) is 40.0 Å². The minimum Gasteiger partial charge on any atom is -0.352 e. The van der Waals surface area contributed by atoms with Gasteiger partial charge in [-0.15, -0.1) is 0 Å². The Hall–Kier alpha value is -0.540. The van der Waals surface area contributed by atoms with Crippen LogP contribution >= 0.6 is 27.5 Å². The summed E-state index contributed by atoms with van der Waals surface area (Å²) < 4.78 is 0.719. The van der Waals surface area contributed by atoms with Gasteiger partial charge in [0.05, 0.1) is 5.56 Å². The molecular weight excluding hydrogens is 277 g/mol. The second kappa shape index (κ2) is 5.52. The highest BCUT2D eigenvalue weighted by molar-refractivity contribution is 9.10. The molecule has 0 radical (unpaired) electrons. The SMILES string of the molecule is CC(C)CNC(=O)c1ccc(Cl)cc1Br. The maximum Gasteiger partial charge on any atom is 0.252 e. The fourth-order valence-electron chi connectivity index (χ4n) is 1.07. The van der Waals surface area contributed by atoms with E-state index < -0.39 is 0 Å². The molecule has 0 spiro atoms. The third kappa shape index (κ3) is 3.84. The molecule has 15 heavy (non-hydrogen) atoms. The van der Waals surface area contributed by atoms with Crippen LogP contribution in [0.1, 0.15) is 24.2 Å². The lowest BCUT2D eigenvalue weighted by molar-refractivity contribution is 0.0948. The van der Waals surface area contributed by atoms with E-state index in [1.807, 2.05) is 0 Å². The third-order valence-corrected chi connectivity index (χ3v) is 2.74. The first-order chi connectivity index (χ1) is 7.00. The number of halogens is 2. The van der Waals surface area contributed by atoms with Crippen molar-refractivity contribution in [1.82, 2.24) is 5.32 Å². The van der Waals surface area contributed by atoms with Gasteiger partial charge in [0, 0.05) is 16.0 Å². The van der Waals surface area contributed by atoms with E-state index in [0.29, 0.717) is 23.0 Å². The maximum absolute atomic E-state index is 11.7. The average molecular weight is 291 g/mol. The Morgan fingerprint density at radius 2 is 2.20 bits per heavy atom. The Bertz CT molecular complexity index is 366. The van der Waals surface area contributed by atoms with Gasteiger partial charge in [0.25, 0.3) is 5.91 Å². The summed E-state index contributed by atoms with van der Waals surface area (Å²) >= 11 is 9.10. The van der Waals surface area contributed by atoms with Crippen LogP contribution in [0.5, 0.6) is 0 Å². The second-order valence-electron chi connectivity index (χ2n) is 3.73. The molecule has 82 valence electrons. The minimum atomic E-state index is -0.0766. The van der Waals surface area contributed by atoms with Crippen LogP contribution in [0.3, 0.4) is 0 Å². The zero-order chi connectivity index (χ0) is 11.4. The molecule has 0 aliphatic heterocycles. The molecule has 1 aromatic rings. The molecule has 0 fully saturated rings. The van der Waals surface area contributed by atoms with Crippen molar-refractivity contribution in [2.24, 2.45) is 5.92 Å². The molecule has 4 heteroatoms. The molecule has 0 aliphatic rings. The molecule has 1 amide bonds. The maximum atomic E-state index is 11.7. The van der Waals surface area contributed by atoms with Gasteiger partial charge in [-0.3, -0.25) is 4.79 Å². The molecular formula is C11H13BrClNO. The summed E-state index contributed by atoms with van der Waals surface area (Å²) in [7, 11) is 0. The number of carbonyl (C=O) groups is 1. The Morgan fingerprint density at radius 3 is 2.73 bits per heavy atom. The Labute approximate surface area is 103 Å². The summed E-state index contributed by atoms with van der Waals surface area (Å²) in [5.41, 5.74) is 0.611. The van der Waals surface area contributed by atoms with Crippen molar-refractivity contribution in [3.63, 3.8) is 0 Å². The third-order valence-electron chi connectivity index (χ3n) is 1.85. The number of nitrogens with one attached hydrogen (secondary N) is 1. The number of hydrogen-bond donors (Lipinski definition) is 1. The van der Waals surface area contributed by atoms with E-state index in [0.717, 1.165) is 4.47 Å². The molecule has 1 aromatic carbocycles. The number of hydrogen-bond acceptors (Lipinski definition) is 1. The van der Waals surface area contributed by atoms with Crippen molar-refractivity contribution in [3.8, 4) is 0 Å². The lowest BCUT2D eigenvalue weighted by atomic mass is 10.2. The van der Waals surface area contributed by atoms with Gasteiger partial charge in [0.2, 0.25) is 0 Å². The standard InChI is InChI=1S/C11H13BrClNO/c1-7(2)6-14-11(15)9-4-3-8(13)5-10(9)12/h3-5,7H,6H2,1-2H3,(H,14,15). The second-order valence-corrected chi connectivity index (χ2v) is 5.02. The van der Waals surface area contributed by atoms with Crippen molar-refractivity contribution < 1.29 is 4.79 Å². The molecule has 0 aliphatic carbocycles. The summed E-state index contributed by atoms with van der Waals surface area (Å²) in [6, 6.07) is 5.13. The van der Waals surface area contributed by atoms with Crippen molar-refractivity contribution in [1.29, 1.82) is 0 Å². The van der Waals surface area contributed by atoms with Gasteiger partial charge in [-0.1, -0.05) is 25.4 Å². The van der Waals surface area contributed by atoms with Crippen molar-refractivity contribution in [3.05, 3.63) is 33.3 Å². The van der Waals surface area contributed by atoms with Crippen molar-refractivity contribution in [2.45, 2.75) is 13.8 Å². The minimum absolute atomic E-state index is 0.0766. The summed E-state index contributed by atoms with van der Waals surface area (Å²) in [6.07, 6.45) is 0. The van der Waals surface area contributed by atoms with Gasteiger partial charge < -0.3 is 5.32 Å². The smallest absolute Gasteiger partial charge is 0.252 e. The van der Waals surface area contributed by atoms with Crippen LogP contribution in [0.25, 0.3) is 0 Å². The van der Waals surface area contributed by atoms with Crippen LogP contribution in [-0.4, -0.2) is 12.5 Å². The van der Waals surface area contributed by atoms with E-state index in [1.54, 1.807) is 18.2 Å². The predicted octanol–water partition coefficient (Wildman–Crippen LogP) is 3.49. The fourth-order valence-corrected chi connectivity index (χ4v) is 1.93. The number of rotatable bonds is 3. The summed E-state index contributed by atoms with van der Waals surface area (Å²) in [4.78, 5) is 11.7. The summed E-state index contributed by atoms with van der Waals surface area (Å²) in [5, 5.41) is 3.46. The molecule has 0 bridgehead atoms. The molecule has 1 rings (SSSR count). The molecule has 0 unspecified atom stereocenters. The highest BCUT2D eigenvalue weighted by Crippen LogP contribution is 2.21. The average Bonchev–Trinajstić information content (AvgIpc) is 2.14. The van der Waals surface area contributed by atoms with Crippen molar-refractivity contribution >= 4 is 33.4 Å².